The van der Waals surface area contributed by atoms with Crippen LogP contribution in [0.5, 0.6) is 0 Å². The van der Waals surface area contributed by atoms with Crippen molar-refractivity contribution in [2.24, 2.45) is 0 Å². The lowest BCUT2D eigenvalue weighted by Gasteiger charge is -2.06. The Bertz CT molecular complexity index is 770. The van der Waals surface area contributed by atoms with Gasteiger partial charge in [0, 0.05) is 37.7 Å². The Hall–Kier alpha value is -3.15. The smallest absolute Gasteiger partial charge is 0.320 e. The standard InChI is InChI=1S/C18H19N5O/c24-18(20-14-16-4-2-1-3-5-16)21-17-9-13-23(22-17)12-8-15-6-10-19-11-7-15/h1-7,9-11,13H,8,12,14H2,(H2,20,21,22,24). The Morgan fingerprint density at radius 2 is 1.79 bits per heavy atom. The number of urea groups is 1. The van der Waals surface area contributed by atoms with Crippen LogP contribution >= 0.6 is 0 Å². The van der Waals surface area contributed by atoms with Crippen LogP contribution in [-0.2, 0) is 19.5 Å². The molecule has 122 valence electrons. The second kappa shape index (κ2) is 7.92. The molecule has 0 saturated carbocycles. The van der Waals surface area contributed by atoms with Crippen LogP contribution in [0, 0.1) is 0 Å². The van der Waals surface area contributed by atoms with E-state index >= 15 is 0 Å². The average Bonchev–Trinajstić information content (AvgIpc) is 3.07. The number of nitrogens with one attached hydrogen (secondary N) is 2. The highest BCUT2D eigenvalue weighted by atomic mass is 16.2. The molecule has 0 fully saturated rings. The molecular weight excluding hydrogens is 302 g/mol. The van der Waals surface area contributed by atoms with Crippen LogP contribution in [-0.4, -0.2) is 20.8 Å². The zero-order valence-electron chi connectivity index (χ0n) is 13.2. The minimum absolute atomic E-state index is 0.266. The Labute approximate surface area is 140 Å². The molecule has 0 saturated heterocycles. The third kappa shape index (κ3) is 4.67. The second-order valence-electron chi connectivity index (χ2n) is 5.36. The number of nitrogens with zero attached hydrogens (tertiary/aromatic N) is 3. The minimum Gasteiger partial charge on any atom is -0.334 e. The molecule has 2 N–H and O–H groups in total. The van der Waals surface area contributed by atoms with E-state index in [9.17, 15) is 4.79 Å². The summed E-state index contributed by atoms with van der Waals surface area (Å²) in [5, 5.41) is 9.90. The number of aryl methyl sites for hydroxylation is 2. The average molecular weight is 321 g/mol. The predicted octanol–water partition coefficient (Wildman–Crippen LogP) is 2.84. The zero-order valence-corrected chi connectivity index (χ0v) is 13.2. The summed E-state index contributed by atoms with van der Waals surface area (Å²) in [5.41, 5.74) is 2.26. The van der Waals surface area contributed by atoms with E-state index < -0.39 is 0 Å². The van der Waals surface area contributed by atoms with Gasteiger partial charge >= 0.3 is 6.03 Å². The lowest BCUT2D eigenvalue weighted by atomic mass is 10.2. The van der Waals surface area contributed by atoms with Crippen molar-refractivity contribution < 1.29 is 4.79 Å². The molecule has 2 aromatic heterocycles. The summed E-state index contributed by atoms with van der Waals surface area (Å²) < 4.78 is 1.81. The molecule has 1 aromatic carbocycles. The Morgan fingerprint density at radius 1 is 1.00 bits per heavy atom. The van der Waals surface area contributed by atoms with Crippen LogP contribution < -0.4 is 10.6 Å². The second-order valence-corrected chi connectivity index (χ2v) is 5.36. The van der Waals surface area contributed by atoms with Gasteiger partial charge < -0.3 is 5.32 Å². The number of aromatic nitrogens is 3. The summed E-state index contributed by atoms with van der Waals surface area (Å²) in [4.78, 5) is 15.9. The highest BCUT2D eigenvalue weighted by Crippen LogP contribution is 2.05. The summed E-state index contributed by atoms with van der Waals surface area (Å²) in [6.45, 7) is 1.23. The first kappa shape index (κ1) is 15.7. The zero-order chi connectivity index (χ0) is 16.6. The number of hydrogen-bond acceptors (Lipinski definition) is 3. The molecule has 0 atom stereocenters. The minimum atomic E-state index is -0.266. The van der Waals surface area contributed by atoms with Crippen LogP contribution in [0.1, 0.15) is 11.1 Å². The molecule has 24 heavy (non-hydrogen) atoms. The summed E-state index contributed by atoms with van der Waals surface area (Å²) in [7, 11) is 0. The molecule has 6 heteroatoms. The third-order valence-electron chi connectivity index (χ3n) is 3.56. The maximum Gasteiger partial charge on any atom is 0.320 e. The molecule has 3 aromatic rings. The molecule has 0 aliphatic carbocycles. The third-order valence-corrected chi connectivity index (χ3v) is 3.56. The van der Waals surface area contributed by atoms with Gasteiger partial charge in [-0.1, -0.05) is 30.3 Å². The normalized spacial score (nSPS) is 10.3. The van der Waals surface area contributed by atoms with Crippen LogP contribution in [0.15, 0.2) is 67.1 Å². The van der Waals surface area contributed by atoms with E-state index in [-0.39, 0.29) is 6.03 Å². The summed E-state index contributed by atoms with van der Waals surface area (Å²) in [6, 6.07) is 15.3. The molecule has 0 spiro atoms. The molecule has 0 unspecified atom stereocenters. The molecule has 0 aliphatic heterocycles. The maximum atomic E-state index is 11.9. The van der Waals surface area contributed by atoms with E-state index in [0.29, 0.717) is 12.4 Å². The first-order valence-corrected chi connectivity index (χ1v) is 7.81. The highest BCUT2D eigenvalue weighted by molar-refractivity contribution is 5.88. The van der Waals surface area contributed by atoms with E-state index in [1.54, 1.807) is 18.5 Å². The number of benzene rings is 1. The molecule has 6 nitrogen and oxygen atoms in total. The van der Waals surface area contributed by atoms with Gasteiger partial charge in [-0.3, -0.25) is 15.0 Å². The summed E-state index contributed by atoms with van der Waals surface area (Å²) in [5.74, 6) is 0.537. The first-order valence-electron chi connectivity index (χ1n) is 7.81. The fourth-order valence-corrected chi connectivity index (χ4v) is 2.28. The van der Waals surface area contributed by atoms with Crippen LogP contribution in [0.4, 0.5) is 10.6 Å². The lowest BCUT2D eigenvalue weighted by molar-refractivity contribution is 0.251. The molecule has 2 heterocycles. The summed E-state index contributed by atoms with van der Waals surface area (Å²) in [6.07, 6.45) is 6.28. The Morgan fingerprint density at radius 3 is 2.58 bits per heavy atom. The quantitative estimate of drug-likeness (QED) is 0.733. The van der Waals surface area contributed by atoms with Crippen molar-refractivity contribution in [2.45, 2.75) is 19.5 Å². The number of pyridine rings is 1. The van der Waals surface area contributed by atoms with Gasteiger partial charge in [0.25, 0.3) is 0 Å². The Kier molecular flexibility index (Phi) is 5.19. The van der Waals surface area contributed by atoms with Crippen molar-refractivity contribution in [3.05, 3.63) is 78.2 Å². The van der Waals surface area contributed by atoms with Crippen molar-refractivity contribution in [3.63, 3.8) is 0 Å². The molecule has 2 amide bonds. The fourth-order valence-electron chi connectivity index (χ4n) is 2.28. The monoisotopic (exact) mass is 321 g/mol. The van der Waals surface area contributed by atoms with E-state index in [1.807, 2.05) is 53.3 Å². The van der Waals surface area contributed by atoms with Crippen molar-refractivity contribution in [3.8, 4) is 0 Å². The number of carbonyl (C=O) groups excluding carboxylic acids is 1. The first-order chi connectivity index (χ1) is 11.8. The van der Waals surface area contributed by atoms with E-state index in [2.05, 4.69) is 20.7 Å². The molecule has 0 aliphatic rings. The Balaban J connectivity index is 1.46. The van der Waals surface area contributed by atoms with Crippen molar-refractivity contribution in [1.82, 2.24) is 20.1 Å². The number of anilines is 1. The van der Waals surface area contributed by atoms with Gasteiger partial charge in [0.15, 0.2) is 5.82 Å². The van der Waals surface area contributed by atoms with Crippen molar-refractivity contribution in [2.75, 3.05) is 5.32 Å². The highest BCUT2D eigenvalue weighted by Gasteiger charge is 2.05. The van der Waals surface area contributed by atoms with Crippen LogP contribution in [0.3, 0.4) is 0 Å². The van der Waals surface area contributed by atoms with E-state index in [0.717, 1.165) is 18.5 Å². The largest absolute Gasteiger partial charge is 0.334 e. The summed E-state index contributed by atoms with van der Waals surface area (Å²) >= 11 is 0. The number of carbonyl (C=O) groups is 1. The van der Waals surface area contributed by atoms with Gasteiger partial charge in [0.2, 0.25) is 0 Å². The van der Waals surface area contributed by atoms with Gasteiger partial charge in [-0.25, -0.2) is 4.79 Å². The van der Waals surface area contributed by atoms with Crippen LogP contribution in [0.25, 0.3) is 0 Å². The SMILES string of the molecule is O=C(NCc1ccccc1)Nc1ccn(CCc2ccncc2)n1. The molecular formula is C18H19N5O. The van der Waals surface area contributed by atoms with Gasteiger partial charge in [0.1, 0.15) is 0 Å². The van der Waals surface area contributed by atoms with Gasteiger partial charge in [-0.2, -0.15) is 5.10 Å². The maximum absolute atomic E-state index is 11.9. The fraction of sp³-hybridized carbons (Fsp3) is 0.167. The predicted molar refractivity (Wildman–Crippen MR) is 92.5 cm³/mol. The molecule has 0 radical (unpaired) electrons. The molecule has 0 bridgehead atoms. The van der Waals surface area contributed by atoms with Gasteiger partial charge in [0.05, 0.1) is 0 Å². The number of amides is 2. The lowest BCUT2D eigenvalue weighted by Crippen LogP contribution is -2.28. The van der Waals surface area contributed by atoms with Crippen molar-refractivity contribution >= 4 is 11.8 Å². The topological polar surface area (TPSA) is 71.8 Å². The van der Waals surface area contributed by atoms with Crippen molar-refractivity contribution in [1.29, 1.82) is 0 Å². The van der Waals surface area contributed by atoms with Gasteiger partial charge in [-0.05, 0) is 29.7 Å². The van der Waals surface area contributed by atoms with Gasteiger partial charge in [-0.15, -0.1) is 0 Å². The van der Waals surface area contributed by atoms with Crippen LogP contribution in [0.2, 0.25) is 0 Å². The number of rotatable bonds is 6. The molecule has 3 rings (SSSR count). The number of hydrogen-bond donors (Lipinski definition) is 2. The van der Waals surface area contributed by atoms with E-state index in [4.69, 9.17) is 0 Å². The van der Waals surface area contributed by atoms with E-state index in [1.165, 1.54) is 5.56 Å².